The van der Waals surface area contributed by atoms with Crippen molar-refractivity contribution in [2.45, 2.75) is 19.3 Å². The van der Waals surface area contributed by atoms with E-state index in [0.717, 1.165) is 5.69 Å². The zero-order chi connectivity index (χ0) is 10.7. The molecule has 1 aliphatic rings. The van der Waals surface area contributed by atoms with E-state index in [-0.39, 0.29) is 0 Å². The molecular formula is C12H13Cl2N. The molecule has 0 radical (unpaired) electrons. The van der Waals surface area contributed by atoms with E-state index in [1.807, 2.05) is 0 Å². The topological polar surface area (TPSA) is 12.0 Å². The molecule has 80 valence electrons. The second-order valence-corrected chi connectivity index (χ2v) is 4.45. The summed E-state index contributed by atoms with van der Waals surface area (Å²) in [4.78, 5) is 0. The summed E-state index contributed by atoms with van der Waals surface area (Å²) in [6.07, 6.45) is 3.70. The molecule has 0 heterocycles. The highest BCUT2D eigenvalue weighted by Crippen LogP contribution is 2.25. The fraction of sp³-hybridized carbons (Fsp3) is 0.333. The minimum atomic E-state index is 0.587. The standard InChI is InChI=1S/C12H13Cl2N/c13-7-11(14)8-15-12-5-4-9-2-1-3-10(9)6-12/h4-7,15H,1-3,8H2. The lowest BCUT2D eigenvalue weighted by Crippen LogP contribution is -2.01. The largest absolute Gasteiger partial charge is 0.380 e. The number of halogens is 2. The first kappa shape index (κ1) is 10.8. The van der Waals surface area contributed by atoms with Gasteiger partial charge in [-0.2, -0.15) is 0 Å². The van der Waals surface area contributed by atoms with E-state index in [4.69, 9.17) is 23.2 Å². The Bertz CT molecular complexity index is 385. The number of aryl methyl sites for hydroxylation is 2. The molecule has 1 N–H and O–H groups in total. The Morgan fingerprint density at radius 1 is 1.33 bits per heavy atom. The Labute approximate surface area is 100 Å². The Morgan fingerprint density at radius 3 is 2.93 bits per heavy atom. The van der Waals surface area contributed by atoms with Gasteiger partial charge in [-0.05, 0) is 42.5 Å². The summed E-state index contributed by atoms with van der Waals surface area (Å²) in [7, 11) is 0. The second kappa shape index (κ2) is 4.91. The average molecular weight is 242 g/mol. The molecule has 0 bridgehead atoms. The third kappa shape index (κ3) is 2.67. The quantitative estimate of drug-likeness (QED) is 0.847. The maximum Gasteiger partial charge on any atom is 0.0516 e. The van der Waals surface area contributed by atoms with Crippen molar-refractivity contribution in [3.8, 4) is 0 Å². The van der Waals surface area contributed by atoms with Crippen molar-refractivity contribution in [3.05, 3.63) is 39.9 Å². The second-order valence-electron chi connectivity index (χ2n) is 3.75. The Morgan fingerprint density at radius 2 is 2.13 bits per heavy atom. The number of benzene rings is 1. The number of nitrogens with one attached hydrogen (secondary N) is 1. The molecule has 2 rings (SSSR count). The Kier molecular flexibility index (Phi) is 3.55. The van der Waals surface area contributed by atoms with Crippen LogP contribution in [0, 0.1) is 0 Å². The number of rotatable bonds is 3. The van der Waals surface area contributed by atoms with E-state index in [9.17, 15) is 0 Å². The van der Waals surface area contributed by atoms with Crippen LogP contribution in [0.5, 0.6) is 0 Å². The van der Waals surface area contributed by atoms with Crippen LogP contribution in [0.15, 0.2) is 28.8 Å². The van der Waals surface area contributed by atoms with Gasteiger partial charge in [0.05, 0.1) is 6.54 Å². The van der Waals surface area contributed by atoms with Gasteiger partial charge in [0.15, 0.2) is 0 Å². The van der Waals surface area contributed by atoms with Crippen molar-refractivity contribution in [1.29, 1.82) is 0 Å². The molecule has 1 nitrogen and oxygen atoms in total. The SMILES string of the molecule is ClC=C(Cl)CNc1ccc2c(c1)CCC2. The molecule has 1 aliphatic carbocycles. The van der Waals surface area contributed by atoms with Crippen LogP contribution in [0.4, 0.5) is 5.69 Å². The lowest BCUT2D eigenvalue weighted by Gasteiger charge is -2.07. The highest BCUT2D eigenvalue weighted by Gasteiger charge is 2.10. The van der Waals surface area contributed by atoms with Crippen LogP contribution in [0.1, 0.15) is 17.5 Å². The molecule has 0 atom stereocenters. The van der Waals surface area contributed by atoms with Gasteiger partial charge in [0.1, 0.15) is 0 Å². The molecule has 0 aliphatic heterocycles. The van der Waals surface area contributed by atoms with Gasteiger partial charge >= 0.3 is 0 Å². The van der Waals surface area contributed by atoms with E-state index in [0.29, 0.717) is 11.6 Å². The summed E-state index contributed by atoms with van der Waals surface area (Å²) < 4.78 is 0. The molecular weight excluding hydrogens is 229 g/mol. The molecule has 0 saturated carbocycles. The van der Waals surface area contributed by atoms with Crippen LogP contribution in [0.2, 0.25) is 0 Å². The van der Waals surface area contributed by atoms with Crippen LogP contribution in [0.25, 0.3) is 0 Å². The summed E-state index contributed by atoms with van der Waals surface area (Å²) in [5.41, 5.74) is 5.46. The molecule has 0 fully saturated rings. The third-order valence-corrected chi connectivity index (χ3v) is 3.30. The lowest BCUT2D eigenvalue weighted by molar-refractivity contribution is 0.912. The summed E-state index contributed by atoms with van der Waals surface area (Å²) >= 11 is 11.3. The number of fused-ring (bicyclic) bond motifs is 1. The molecule has 15 heavy (non-hydrogen) atoms. The zero-order valence-electron chi connectivity index (χ0n) is 8.39. The summed E-state index contributed by atoms with van der Waals surface area (Å²) in [5.74, 6) is 0. The van der Waals surface area contributed by atoms with Crippen LogP contribution in [-0.4, -0.2) is 6.54 Å². The van der Waals surface area contributed by atoms with Crippen molar-refractivity contribution in [3.63, 3.8) is 0 Å². The molecule has 1 aromatic carbocycles. The van der Waals surface area contributed by atoms with Crippen molar-refractivity contribution < 1.29 is 0 Å². The van der Waals surface area contributed by atoms with Gasteiger partial charge in [0, 0.05) is 16.3 Å². The van der Waals surface area contributed by atoms with Crippen LogP contribution in [-0.2, 0) is 12.8 Å². The third-order valence-electron chi connectivity index (χ3n) is 2.68. The predicted octanol–water partition coefficient (Wildman–Crippen LogP) is 3.91. The minimum absolute atomic E-state index is 0.587. The van der Waals surface area contributed by atoms with Crippen LogP contribution < -0.4 is 5.32 Å². The van der Waals surface area contributed by atoms with Crippen LogP contribution >= 0.6 is 23.2 Å². The fourth-order valence-corrected chi connectivity index (χ4v) is 2.05. The van der Waals surface area contributed by atoms with Crippen molar-refractivity contribution in [2.24, 2.45) is 0 Å². The maximum atomic E-state index is 5.80. The van der Waals surface area contributed by atoms with Gasteiger partial charge in [0.2, 0.25) is 0 Å². The van der Waals surface area contributed by atoms with Crippen LogP contribution in [0.3, 0.4) is 0 Å². The van der Waals surface area contributed by atoms with E-state index in [1.165, 1.54) is 35.9 Å². The molecule has 3 heteroatoms. The number of hydrogen-bond donors (Lipinski definition) is 1. The van der Waals surface area contributed by atoms with Gasteiger partial charge in [-0.1, -0.05) is 29.3 Å². The van der Waals surface area contributed by atoms with Crippen molar-refractivity contribution in [2.75, 3.05) is 11.9 Å². The van der Waals surface area contributed by atoms with E-state index in [1.54, 1.807) is 0 Å². The molecule has 1 aromatic rings. The molecule has 0 aromatic heterocycles. The summed E-state index contributed by atoms with van der Waals surface area (Å²) in [6.45, 7) is 0.587. The first-order valence-corrected chi connectivity index (χ1v) is 5.91. The first-order chi connectivity index (χ1) is 7.29. The Balaban J connectivity index is 2.04. The maximum absolute atomic E-state index is 5.80. The highest BCUT2D eigenvalue weighted by molar-refractivity contribution is 6.36. The van der Waals surface area contributed by atoms with Gasteiger partial charge < -0.3 is 5.32 Å². The van der Waals surface area contributed by atoms with Crippen molar-refractivity contribution >= 4 is 28.9 Å². The van der Waals surface area contributed by atoms with Gasteiger partial charge in [-0.15, -0.1) is 0 Å². The first-order valence-electron chi connectivity index (χ1n) is 5.10. The highest BCUT2D eigenvalue weighted by atomic mass is 35.5. The van der Waals surface area contributed by atoms with Gasteiger partial charge in [-0.3, -0.25) is 0 Å². The molecule has 0 unspecified atom stereocenters. The minimum Gasteiger partial charge on any atom is -0.380 e. The predicted molar refractivity (Wildman–Crippen MR) is 66.7 cm³/mol. The number of anilines is 1. The zero-order valence-corrected chi connectivity index (χ0v) is 9.91. The Hall–Kier alpha value is -0.660. The van der Waals surface area contributed by atoms with E-state index in [2.05, 4.69) is 23.5 Å². The van der Waals surface area contributed by atoms with E-state index < -0.39 is 0 Å². The van der Waals surface area contributed by atoms with Gasteiger partial charge in [-0.25, -0.2) is 0 Å². The summed E-state index contributed by atoms with van der Waals surface area (Å²) in [5, 5.41) is 3.86. The summed E-state index contributed by atoms with van der Waals surface area (Å²) in [6, 6.07) is 6.51. The fourth-order valence-electron chi connectivity index (χ4n) is 1.91. The average Bonchev–Trinajstić information content (AvgIpc) is 2.72. The smallest absolute Gasteiger partial charge is 0.0516 e. The normalized spacial score (nSPS) is 15.2. The lowest BCUT2D eigenvalue weighted by atomic mass is 10.1. The van der Waals surface area contributed by atoms with Crippen molar-refractivity contribution in [1.82, 2.24) is 0 Å². The molecule has 0 saturated heterocycles. The van der Waals surface area contributed by atoms with E-state index >= 15 is 0 Å². The van der Waals surface area contributed by atoms with Gasteiger partial charge in [0.25, 0.3) is 0 Å². The number of hydrogen-bond acceptors (Lipinski definition) is 1. The molecule has 0 amide bonds. The monoisotopic (exact) mass is 241 g/mol. The molecule has 0 spiro atoms.